The zero-order valence-corrected chi connectivity index (χ0v) is 10.6. The highest BCUT2D eigenvalue weighted by Gasteiger charge is 2.13. The van der Waals surface area contributed by atoms with Crippen molar-refractivity contribution in [2.75, 3.05) is 6.26 Å². The Hall–Kier alpha value is -0.840. The van der Waals surface area contributed by atoms with E-state index in [1.807, 2.05) is 35.9 Å². The van der Waals surface area contributed by atoms with Crippen LogP contribution in [0.5, 0.6) is 0 Å². The standard InChI is InChI=1S/C12H13NOS2/c1-15-11-5-3-2-4-9(11)10(14)8-12-13-6-7-16-12/h2-7,10,14H,8H2,1H3. The van der Waals surface area contributed by atoms with Gasteiger partial charge in [-0.15, -0.1) is 23.1 Å². The molecule has 0 saturated carbocycles. The van der Waals surface area contributed by atoms with Crippen LogP contribution in [-0.4, -0.2) is 16.3 Å². The molecule has 4 heteroatoms. The van der Waals surface area contributed by atoms with Crippen molar-refractivity contribution >= 4 is 23.1 Å². The van der Waals surface area contributed by atoms with Crippen LogP contribution in [0.15, 0.2) is 40.7 Å². The van der Waals surface area contributed by atoms with Crippen LogP contribution in [0.25, 0.3) is 0 Å². The summed E-state index contributed by atoms with van der Waals surface area (Å²) < 4.78 is 0. The zero-order valence-electron chi connectivity index (χ0n) is 8.96. The maximum atomic E-state index is 10.2. The van der Waals surface area contributed by atoms with Crippen molar-refractivity contribution in [3.8, 4) is 0 Å². The van der Waals surface area contributed by atoms with Gasteiger partial charge in [0.2, 0.25) is 0 Å². The number of aliphatic hydroxyl groups is 1. The summed E-state index contributed by atoms with van der Waals surface area (Å²) in [6.07, 6.45) is 3.92. The molecule has 0 aliphatic carbocycles. The van der Waals surface area contributed by atoms with Gasteiger partial charge in [-0.3, -0.25) is 0 Å². The Kier molecular flexibility index (Phi) is 3.98. The van der Waals surface area contributed by atoms with Gasteiger partial charge in [-0.2, -0.15) is 0 Å². The smallest absolute Gasteiger partial charge is 0.0954 e. The molecule has 1 N–H and O–H groups in total. The Balaban J connectivity index is 2.17. The molecule has 2 aromatic rings. The third kappa shape index (κ3) is 2.64. The number of thioether (sulfide) groups is 1. The SMILES string of the molecule is CSc1ccccc1C(O)Cc1nccs1. The highest BCUT2D eigenvalue weighted by atomic mass is 32.2. The lowest BCUT2D eigenvalue weighted by molar-refractivity contribution is 0.175. The second kappa shape index (κ2) is 5.48. The third-order valence-corrected chi connectivity index (χ3v) is 3.96. The van der Waals surface area contributed by atoms with Gasteiger partial charge < -0.3 is 5.11 Å². The van der Waals surface area contributed by atoms with Gasteiger partial charge in [0.25, 0.3) is 0 Å². The van der Waals surface area contributed by atoms with Gasteiger partial charge in [0.1, 0.15) is 0 Å². The van der Waals surface area contributed by atoms with Crippen molar-refractivity contribution in [2.24, 2.45) is 0 Å². The van der Waals surface area contributed by atoms with E-state index in [1.165, 1.54) is 0 Å². The van der Waals surface area contributed by atoms with E-state index in [4.69, 9.17) is 0 Å². The Morgan fingerprint density at radius 3 is 2.94 bits per heavy atom. The number of aliphatic hydroxyl groups excluding tert-OH is 1. The molecule has 1 unspecified atom stereocenters. The summed E-state index contributed by atoms with van der Waals surface area (Å²) in [6.45, 7) is 0. The van der Waals surface area contributed by atoms with Crippen LogP contribution in [0, 0.1) is 0 Å². The fourth-order valence-corrected chi connectivity index (χ4v) is 2.88. The van der Waals surface area contributed by atoms with Crippen LogP contribution >= 0.6 is 23.1 Å². The predicted molar refractivity (Wildman–Crippen MR) is 69.0 cm³/mol. The first-order chi connectivity index (χ1) is 7.81. The third-order valence-electron chi connectivity index (χ3n) is 2.35. The molecule has 0 aliphatic heterocycles. The van der Waals surface area contributed by atoms with E-state index in [0.29, 0.717) is 6.42 Å². The highest BCUT2D eigenvalue weighted by Crippen LogP contribution is 2.28. The lowest BCUT2D eigenvalue weighted by Gasteiger charge is -2.12. The van der Waals surface area contributed by atoms with E-state index in [9.17, 15) is 5.11 Å². The molecule has 84 valence electrons. The monoisotopic (exact) mass is 251 g/mol. The van der Waals surface area contributed by atoms with E-state index < -0.39 is 6.10 Å². The molecule has 1 aromatic carbocycles. The second-order valence-electron chi connectivity index (χ2n) is 3.39. The van der Waals surface area contributed by atoms with Gasteiger partial charge in [0.15, 0.2) is 0 Å². The first-order valence-electron chi connectivity index (χ1n) is 5.00. The fourth-order valence-electron chi connectivity index (χ4n) is 1.57. The predicted octanol–water partition coefficient (Wildman–Crippen LogP) is 3.14. The average molecular weight is 251 g/mol. The minimum absolute atomic E-state index is 0.463. The van der Waals surface area contributed by atoms with Crippen molar-refractivity contribution in [1.29, 1.82) is 0 Å². The summed E-state index contributed by atoms with van der Waals surface area (Å²) in [4.78, 5) is 5.32. The number of benzene rings is 1. The van der Waals surface area contributed by atoms with Gasteiger partial charge >= 0.3 is 0 Å². The van der Waals surface area contributed by atoms with Gasteiger partial charge in [0.05, 0.1) is 11.1 Å². The van der Waals surface area contributed by atoms with Crippen molar-refractivity contribution in [3.63, 3.8) is 0 Å². The first-order valence-corrected chi connectivity index (χ1v) is 7.11. The van der Waals surface area contributed by atoms with Crippen LogP contribution < -0.4 is 0 Å². The minimum Gasteiger partial charge on any atom is -0.388 e. The normalized spacial score (nSPS) is 12.6. The zero-order chi connectivity index (χ0) is 11.4. The lowest BCUT2D eigenvalue weighted by atomic mass is 10.1. The Labute approximate surface area is 103 Å². The number of aromatic nitrogens is 1. The molecule has 1 atom stereocenters. The maximum Gasteiger partial charge on any atom is 0.0954 e. The van der Waals surface area contributed by atoms with Gasteiger partial charge in [-0.1, -0.05) is 18.2 Å². The number of thiazole rings is 1. The molecule has 0 radical (unpaired) electrons. The van der Waals surface area contributed by atoms with Crippen LogP contribution in [0.4, 0.5) is 0 Å². The molecule has 0 fully saturated rings. The molecule has 0 bridgehead atoms. The van der Waals surface area contributed by atoms with Crippen LogP contribution in [0.2, 0.25) is 0 Å². The molecule has 1 heterocycles. The van der Waals surface area contributed by atoms with Gasteiger partial charge in [-0.25, -0.2) is 4.98 Å². The second-order valence-corrected chi connectivity index (χ2v) is 5.21. The summed E-state index contributed by atoms with van der Waals surface area (Å²) in [6, 6.07) is 7.96. The molecular weight excluding hydrogens is 238 g/mol. The number of rotatable bonds is 4. The van der Waals surface area contributed by atoms with E-state index in [1.54, 1.807) is 29.3 Å². The summed E-state index contributed by atoms with van der Waals surface area (Å²) >= 11 is 3.24. The summed E-state index contributed by atoms with van der Waals surface area (Å²) in [7, 11) is 0. The van der Waals surface area contributed by atoms with E-state index in [2.05, 4.69) is 4.98 Å². The maximum absolute atomic E-state index is 10.2. The fraction of sp³-hybridized carbons (Fsp3) is 0.250. The van der Waals surface area contributed by atoms with Crippen molar-refractivity contribution in [2.45, 2.75) is 17.4 Å². The molecule has 0 amide bonds. The molecule has 0 saturated heterocycles. The lowest BCUT2D eigenvalue weighted by Crippen LogP contribution is -2.02. The van der Waals surface area contributed by atoms with E-state index in [-0.39, 0.29) is 0 Å². The summed E-state index contributed by atoms with van der Waals surface area (Å²) in [5.41, 5.74) is 0.991. The Morgan fingerprint density at radius 1 is 1.44 bits per heavy atom. The van der Waals surface area contributed by atoms with Crippen molar-refractivity contribution in [3.05, 3.63) is 46.4 Å². The van der Waals surface area contributed by atoms with Gasteiger partial charge in [-0.05, 0) is 17.9 Å². The van der Waals surface area contributed by atoms with Crippen LogP contribution in [0.3, 0.4) is 0 Å². The van der Waals surface area contributed by atoms with Crippen LogP contribution in [-0.2, 0) is 6.42 Å². The molecule has 0 spiro atoms. The molecule has 1 aromatic heterocycles. The molecular formula is C12H13NOS2. The van der Waals surface area contributed by atoms with Crippen molar-refractivity contribution in [1.82, 2.24) is 4.98 Å². The van der Waals surface area contributed by atoms with Gasteiger partial charge in [0, 0.05) is 22.9 Å². The van der Waals surface area contributed by atoms with Crippen LogP contribution in [0.1, 0.15) is 16.7 Å². The number of hydrogen-bond acceptors (Lipinski definition) is 4. The Morgan fingerprint density at radius 2 is 2.25 bits per heavy atom. The largest absolute Gasteiger partial charge is 0.388 e. The Bertz CT molecular complexity index is 442. The van der Waals surface area contributed by atoms with E-state index >= 15 is 0 Å². The molecule has 2 nitrogen and oxygen atoms in total. The topological polar surface area (TPSA) is 33.1 Å². The quantitative estimate of drug-likeness (QED) is 0.847. The summed E-state index contributed by atoms with van der Waals surface area (Å²) in [5, 5.41) is 13.1. The summed E-state index contributed by atoms with van der Waals surface area (Å²) in [5.74, 6) is 0. The number of hydrogen-bond donors (Lipinski definition) is 1. The first kappa shape index (κ1) is 11.6. The van der Waals surface area contributed by atoms with E-state index in [0.717, 1.165) is 15.5 Å². The average Bonchev–Trinajstić information content (AvgIpc) is 2.81. The molecule has 16 heavy (non-hydrogen) atoms. The highest BCUT2D eigenvalue weighted by molar-refractivity contribution is 7.98. The van der Waals surface area contributed by atoms with Crippen molar-refractivity contribution < 1.29 is 5.11 Å². The molecule has 2 rings (SSSR count). The number of nitrogens with zero attached hydrogens (tertiary/aromatic N) is 1. The minimum atomic E-state index is -0.463. The molecule has 0 aliphatic rings.